The molecule has 45 heavy (non-hydrogen) atoms. The number of rotatable bonds is 10. The number of anilines is 1. The molecular formula is C27H22ClN9O7S. The number of nitro benzene ring substituents is 1. The van der Waals surface area contributed by atoms with Crippen LogP contribution in [0.4, 0.5) is 22.9 Å². The minimum Gasteiger partial charge on any atom is -0.491 e. The van der Waals surface area contributed by atoms with Crippen molar-refractivity contribution >= 4 is 50.4 Å². The Labute approximate surface area is 259 Å². The largest absolute Gasteiger partial charge is 0.491 e. The quantitative estimate of drug-likeness (QED) is 0.120. The van der Waals surface area contributed by atoms with Gasteiger partial charge in [0.25, 0.3) is 11.6 Å². The van der Waals surface area contributed by atoms with Crippen LogP contribution >= 0.6 is 11.6 Å². The normalized spacial score (nSPS) is 11.6. The van der Waals surface area contributed by atoms with E-state index in [1.54, 1.807) is 24.3 Å². The molecular weight excluding hydrogens is 630 g/mol. The van der Waals surface area contributed by atoms with E-state index in [9.17, 15) is 23.3 Å². The van der Waals surface area contributed by atoms with Gasteiger partial charge < -0.3 is 14.1 Å². The summed E-state index contributed by atoms with van der Waals surface area (Å²) in [7, 11) is -2.54. The molecule has 0 spiro atoms. The molecule has 0 saturated heterocycles. The second kappa shape index (κ2) is 12.6. The number of carbonyl (C=O) groups is 1. The lowest BCUT2D eigenvalue weighted by molar-refractivity contribution is -0.384. The van der Waals surface area contributed by atoms with E-state index < -0.39 is 14.9 Å². The lowest BCUT2D eigenvalue weighted by Gasteiger charge is -2.19. The smallest absolute Gasteiger partial charge is 0.272 e. The molecule has 0 aliphatic rings. The number of hydrogen-bond donors (Lipinski definition) is 1. The minimum absolute atomic E-state index is 0.0316. The highest BCUT2D eigenvalue weighted by Gasteiger charge is 2.27. The van der Waals surface area contributed by atoms with Crippen molar-refractivity contribution in [2.24, 2.45) is 15.4 Å². The van der Waals surface area contributed by atoms with Crippen molar-refractivity contribution in [3.63, 3.8) is 0 Å². The number of nitrogens with two attached hydrogens (primary N) is 1. The van der Waals surface area contributed by atoms with Gasteiger partial charge in [-0.3, -0.25) is 14.9 Å². The number of primary sulfonamides is 1. The summed E-state index contributed by atoms with van der Waals surface area (Å²) in [4.78, 5) is 24.1. The Balaban J connectivity index is 1.51. The van der Waals surface area contributed by atoms with E-state index in [4.69, 9.17) is 25.9 Å². The second-order valence-electron chi connectivity index (χ2n) is 9.22. The topological polar surface area (TPSA) is 214 Å². The monoisotopic (exact) mass is 651 g/mol. The summed E-state index contributed by atoms with van der Waals surface area (Å²) in [5, 5.41) is 37.8. The summed E-state index contributed by atoms with van der Waals surface area (Å²) in [5.74, 6) is -0.187. The fourth-order valence-corrected chi connectivity index (χ4v) is 4.79. The van der Waals surface area contributed by atoms with Gasteiger partial charge in [-0.2, -0.15) is 5.10 Å². The molecule has 3 aromatic carbocycles. The van der Waals surface area contributed by atoms with Crippen LogP contribution in [0.1, 0.15) is 12.8 Å². The highest BCUT2D eigenvalue weighted by molar-refractivity contribution is 7.89. The molecule has 0 fully saturated rings. The van der Waals surface area contributed by atoms with E-state index in [-0.39, 0.29) is 52.1 Å². The third-order valence-corrected chi connectivity index (χ3v) is 7.38. The molecule has 16 nitrogen and oxygen atoms in total. The van der Waals surface area contributed by atoms with Gasteiger partial charge in [-0.1, -0.05) is 17.7 Å². The van der Waals surface area contributed by atoms with Crippen molar-refractivity contribution < 1.29 is 27.3 Å². The van der Waals surface area contributed by atoms with E-state index in [1.165, 1.54) is 72.1 Å². The molecule has 18 heteroatoms. The summed E-state index contributed by atoms with van der Waals surface area (Å²) in [6, 6.07) is 17.6. The molecule has 0 radical (unpaired) electrons. The van der Waals surface area contributed by atoms with Crippen LogP contribution in [-0.2, 0) is 21.4 Å². The molecule has 2 heterocycles. The number of carbonyl (C=O) groups excluding carboxylic acids is 1. The number of methoxy groups -OCH3 is 1. The van der Waals surface area contributed by atoms with E-state index in [1.807, 2.05) is 0 Å². The van der Waals surface area contributed by atoms with Crippen LogP contribution in [0, 0.1) is 10.1 Å². The van der Waals surface area contributed by atoms with Gasteiger partial charge in [0, 0.05) is 29.8 Å². The van der Waals surface area contributed by atoms with Crippen LogP contribution in [0.3, 0.4) is 0 Å². The van der Waals surface area contributed by atoms with Gasteiger partial charge in [-0.05, 0) is 54.6 Å². The van der Waals surface area contributed by atoms with Crippen LogP contribution < -0.4 is 14.8 Å². The minimum atomic E-state index is -3.92. The highest BCUT2D eigenvalue weighted by atomic mass is 35.5. The number of nitro groups is 1. The number of ether oxygens (including phenoxy) is 1. The lowest BCUT2D eigenvalue weighted by atomic mass is 10.3. The third kappa shape index (κ3) is 6.85. The van der Waals surface area contributed by atoms with Crippen molar-refractivity contribution in [3.8, 4) is 23.0 Å². The third-order valence-electron chi connectivity index (χ3n) is 6.22. The Morgan fingerprint density at radius 1 is 1.11 bits per heavy atom. The fraction of sp³-hybridized carbons (Fsp3) is 0.111. The zero-order valence-electron chi connectivity index (χ0n) is 23.4. The first kappa shape index (κ1) is 30.9. The van der Waals surface area contributed by atoms with Crippen LogP contribution in [-0.4, -0.2) is 46.3 Å². The maximum Gasteiger partial charge on any atom is 0.272 e. The number of sulfonamides is 1. The van der Waals surface area contributed by atoms with Crippen molar-refractivity contribution in [3.05, 3.63) is 93.8 Å². The van der Waals surface area contributed by atoms with E-state index in [0.29, 0.717) is 22.1 Å². The number of aromatic nitrogens is 4. The number of nitrogens with zero attached hydrogens (tertiary/aromatic N) is 8. The van der Waals surface area contributed by atoms with Crippen molar-refractivity contribution in [1.29, 1.82) is 0 Å². The van der Waals surface area contributed by atoms with Gasteiger partial charge >= 0.3 is 0 Å². The summed E-state index contributed by atoms with van der Waals surface area (Å²) in [6.45, 7) is 1.17. The predicted octanol–water partition coefficient (Wildman–Crippen LogP) is 5.11. The maximum absolute atomic E-state index is 12.5. The van der Waals surface area contributed by atoms with Gasteiger partial charge in [0.05, 0.1) is 28.3 Å². The zero-order valence-corrected chi connectivity index (χ0v) is 25.0. The van der Waals surface area contributed by atoms with Crippen molar-refractivity contribution in [2.75, 3.05) is 12.0 Å². The maximum atomic E-state index is 12.5. The Kier molecular flexibility index (Phi) is 8.66. The zero-order chi connectivity index (χ0) is 32.3. The van der Waals surface area contributed by atoms with E-state index in [0.717, 1.165) is 0 Å². The summed E-state index contributed by atoms with van der Waals surface area (Å²) >= 11 is 6.23. The SMILES string of the molecule is COc1c(-c2nnc(CN(C(C)=O)c3ccc(S(N)(=O)=O)cc3)o2)nn(-c2cccc(Cl)c2)c1N=Nc1ccc([N+](=O)[O-])cc1. The van der Waals surface area contributed by atoms with Crippen LogP contribution in [0.5, 0.6) is 5.75 Å². The molecule has 0 bridgehead atoms. The van der Waals surface area contributed by atoms with Crippen molar-refractivity contribution in [2.45, 2.75) is 18.4 Å². The van der Waals surface area contributed by atoms with E-state index >= 15 is 0 Å². The summed E-state index contributed by atoms with van der Waals surface area (Å²) < 4.78 is 36.1. The molecule has 0 saturated carbocycles. The molecule has 5 rings (SSSR count). The van der Waals surface area contributed by atoms with Gasteiger partial charge in [-0.15, -0.1) is 20.4 Å². The molecule has 0 atom stereocenters. The van der Waals surface area contributed by atoms with Crippen molar-refractivity contribution in [1.82, 2.24) is 20.0 Å². The number of halogens is 1. The average Bonchev–Trinajstić information content (AvgIpc) is 3.63. The fourth-order valence-electron chi connectivity index (χ4n) is 4.09. The molecule has 230 valence electrons. The molecule has 0 aliphatic carbocycles. The second-order valence-corrected chi connectivity index (χ2v) is 11.2. The Hall–Kier alpha value is -5.52. The van der Waals surface area contributed by atoms with Gasteiger partial charge in [0.2, 0.25) is 27.6 Å². The Bertz CT molecular complexity index is 2030. The number of amides is 1. The highest BCUT2D eigenvalue weighted by Crippen LogP contribution is 2.40. The number of hydrogen-bond acceptors (Lipinski definition) is 12. The van der Waals surface area contributed by atoms with Gasteiger partial charge in [0.1, 0.15) is 6.54 Å². The Morgan fingerprint density at radius 2 is 1.82 bits per heavy atom. The standard InChI is InChI=1S/C27H22ClN9O7S/c1-16(38)35(19-10-12-22(13-11-19)45(29,41)42)15-23-31-33-27(44-23)24-25(43-2)26(36(34-24)21-5-3-4-17(28)14-21)32-30-18-6-8-20(9-7-18)37(39)40/h3-14H,15H2,1-2H3,(H2,29,41,42). The first-order valence-corrected chi connectivity index (χ1v) is 14.7. The van der Waals surface area contributed by atoms with Crippen LogP contribution in [0.25, 0.3) is 17.3 Å². The predicted molar refractivity (Wildman–Crippen MR) is 160 cm³/mol. The van der Waals surface area contributed by atoms with E-state index in [2.05, 4.69) is 25.5 Å². The molecule has 0 aliphatic heterocycles. The summed E-state index contributed by atoms with van der Waals surface area (Å²) in [6.07, 6.45) is 0. The van der Waals surface area contributed by atoms with Crippen LogP contribution in [0.15, 0.2) is 92.3 Å². The molecule has 1 amide bonds. The van der Waals surface area contributed by atoms with Gasteiger partial charge in [-0.25, -0.2) is 18.2 Å². The first-order valence-electron chi connectivity index (χ1n) is 12.8. The van der Waals surface area contributed by atoms with Gasteiger partial charge in [0.15, 0.2) is 11.4 Å². The Morgan fingerprint density at radius 3 is 2.42 bits per heavy atom. The lowest BCUT2D eigenvalue weighted by Crippen LogP contribution is -2.28. The van der Waals surface area contributed by atoms with Crippen LogP contribution in [0.2, 0.25) is 5.02 Å². The molecule has 2 aromatic heterocycles. The number of azo groups is 1. The number of benzene rings is 3. The first-order chi connectivity index (χ1) is 21.4. The molecule has 5 aromatic rings. The molecule has 0 unspecified atom stereocenters. The molecule has 2 N–H and O–H groups in total. The summed E-state index contributed by atoms with van der Waals surface area (Å²) in [5.41, 5.74) is 1.18. The average molecular weight is 652 g/mol. The number of non-ortho nitro benzene ring substituents is 1.